The van der Waals surface area contributed by atoms with Crippen LogP contribution in [-0.4, -0.2) is 24.4 Å². The lowest BCUT2D eigenvalue weighted by atomic mass is 9.99. The average molecular weight is 316 g/mol. The molecule has 0 aliphatic carbocycles. The van der Waals surface area contributed by atoms with Crippen molar-refractivity contribution >= 4 is 22.9 Å². The molecule has 2 rings (SSSR count). The lowest BCUT2D eigenvalue weighted by Gasteiger charge is -2.15. The third-order valence-corrected chi connectivity index (χ3v) is 4.66. The van der Waals surface area contributed by atoms with Gasteiger partial charge in [-0.15, -0.1) is 11.3 Å². The van der Waals surface area contributed by atoms with Crippen LogP contribution in [-0.2, 0) is 11.3 Å². The van der Waals surface area contributed by atoms with Crippen LogP contribution in [0.25, 0.3) is 0 Å². The molecule has 0 fully saturated rings. The van der Waals surface area contributed by atoms with E-state index in [9.17, 15) is 4.79 Å². The van der Waals surface area contributed by atoms with Crippen LogP contribution in [0.5, 0.6) is 0 Å². The summed E-state index contributed by atoms with van der Waals surface area (Å²) in [5.41, 5.74) is 2.18. The van der Waals surface area contributed by atoms with E-state index in [4.69, 9.17) is 0 Å². The second kappa shape index (κ2) is 8.11. The standard InChI is InChI=1S/C18H24N2OS/c1-4-14(2)15-7-9-16(10-8-15)19-18(21)13-20(3)12-17-6-5-11-22-17/h5-11,14H,4,12-13H2,1-3H3,(H,19,21)/t14-/m1/s1. The summed E-state index contributed by atoms with van der Waals surface area (Å²) in [6.07, 6.45) is 1.12. The Hall–Kier alpha value is -1.65. The highest BCUT2D eigenvalue weighted by Gasteiger charge is 2.09. The van der Waals surface area contributed by atoms with Crippen molar-refractivity contribution < 1.29 is 4.79 Å². The highest BCUT2D eigenvalue weighted by Crippen LogP contribution is 2.20. The monoisotopic (exact) mass is 316 g/mol. The Kier molecular flexibility index (Phi) is 6.16. The Morgan fingerprint density at radius 1 is 1.27 bits per heavy atom. The predicted molar refractivity (Wildman–Crippen MR) is 94.4 cm³/mol. The van der Waals surface area contributed by atoms with Gasteiger partial charge in [0.15, 0.2) is 0 Å². The second-order valence-corrected chi connectivity index (χ2v) is 6.76. The van der Waals surface area contributed by atoms with Gasteiger partial charge in [0.25, 0.3) is 0 Å². The summed E-state index contributed by atoms with van der Waals surface area (Å²) < 4.78 is 0. The van der Waals surface area contributed by atoms with Crippen LogP contribution in [0.1, 0.15) is 36.6 Å². The van der Waals surface area contributed by atoms with E-state index in [2.05, 4.69) is 42.7 Å². The largest absolute Gasteiger partial charge is 0.325 e. The maximum atomic E-state index is 12.1. The molecule has 118 valence electrons. The van der Waals surface area contributed by atoms with Crippen molar-refractivity contribution in [1.29, 1.82) is 0 Å². The van der Waals surface area contributed by atoms with Crippen molar-refractivity contribution in [3.05, 3.63) is 52.2 Å². The van der Waals surface area contributed by atoms with E-state index in [1.54, 1.807) is 11.3 Å². The first kappa shape index (κ1) is 16.7. The fourth-order valence-corrected chi connectivity index (χ4v) is 3.08. The first-order valence-electron chi connectivity index (χ1n) is 7.69. The molecule has 1 aromatic heterocycles. The minimum absolute atomic E-state index is 0.0235. The molecule has 4 heteroatoms. The summed E-state index contributed by atoms with van der Waals surface area (Å²) in [5, 5.41) is 5.02. The smallest absolute Gasteiger partial charge is 0.238 e. The Bertz CT molecular complexity index is 578. The molecular formula is C18H24N2OS. The summed E-state index contributed by atoms with van der Waals surface area (Å²) >= 11 is 1.72. The van der Waals surface area contributed by atoms with E-state index in [0.29, 0.717) is 12.5 Å². The Morgan fingerprint density at radius 3 is 2.59 bits per heavy atom. The van der Waals surface area contributed by atoms with Gasteiger partial charge in [-0.1, -0.05) is 32.0 Å². The van der Waals surface area contributed by atoms with Crippen LogP contribution >= 0.6 is 11.3 Å². The quantitative estimate of drug-likeness (QED) is 0.824. The molecule has 1 amide bonds. The molecule has 0 radical (unpaired) electrons. The molecule has 1 atom stereocenters. The molecule has 0 spiro atoms. The summed E-state index contributed by atoms with van der Waals surface area (Å²) in [5.74, 6) is 0.581. The molecule has 0 aliphatic heterocycles. The third kappa shape index (κ3) is 4.97. The number of carbonyl (C=O) groups excluding carboxylic acids is 1. The molecule has 22 heavy (non-hydrogen) atoms. The third-order valence-electron chi connectivity index (χ3n) is 3.80. The number of nitrogens with zero attached hydrogens (tertiary/aromatic N) is 1. The van der Waals surface area contributed by atoms with E-state index >= 15 is 0 Å². The Labute approximate surface area is 137 Å². The summed E-state index contributed by atoms with van der Waals surface area (Å²) in [6, 6.07) is 12.3. The van der Waals surface area contributed by atoms with Gasteiger partial charge in [0.2, 0.25) is 5.91 Å². The highest BCUT2D eigenvalue weighted by atomic mass is 32.1. The topological polar surface area (TPSA) is 32.3 Å². The van der Waals surface area contributed by atoms with Crippen molar-refractivity contribution in [2.24, 2.45) is 0 Å². The Balaban J connectivity index is 1.83. The van der Waals surface area contributed by atoms with E-state index < -0.39 is 0 Å². The predicted octanol–water partition coefficient (Wildman–Crippen LogP) is 4.33. The SMILES string of the molecule is CC[C@@H](C)c1ccc(NC(=O)CN(C)Cc2cccs2)cc1. The number of hydrogen-bond donors (Lipinski definition) is 1. The van der Waals surface area contributed by atoms with Gasteiger partial charge in [-0.2, -0.15) is 0 Å². The molecule has 1 heterocycles. The van der Waals surface area contributed by atoms with Crippen LogP contribution in [0.15, 0.2) is 41.8 Å². The van der Waals surface area contributed by atoms with Gasteiger partial charge in [-0.3, -0.25) is 9.69 Å². The van der Waals surface area contributed by atoms with Crippen LogP contribution in [0.3, 0.4) is 0 Å². The first-order valence-corrected chi connectivity index (χ1v) is 8.57. The number of rotatable bonds is 7. The van der Waals surface area contributed by atoms with Crippen LogP contribution < -0.4 is 5.32 Å². The number of nitrogens with one attached hydrogen (secondary N) is 1. The Morgan fingerprint density at radius 2 is 2.00 bits per heavy atom. The number of carbonyl (C=O) groups is 1. The zero-order chi connectivity index (χ0) is 15.9. The molecule has 0 bridgehead atoms. The van der Waals surface area contributed by atoms with Gasteiger partial charge in [-0.05, 0) is 48.5 Å². The zero-order valence-electron chi connectivity index (χ0n) is 13.5. The average Bonchev–Trinajstić information content (AvgIpc) is 2.99. The van der Waals surface area contributed by atoms with E-state index in [0.717, 1.165) is 18.7 Å². The second-order valence-electron chi connectivity index (χ2n) is 5.73. The molecule has 0 saturated carbocycles. The molecule has 1 N–H and O–H groups in total. The molecule has 1 aromatic carbocycles. The number of thiophene rings is 1. The zero-order valence-corrected chi connectivity index (χ0v) is 14.3. The van der Waals surface area contributed by atoms with Gasteiger partial charge < -0.3 is 5.32 Å². The lowest BCUT2D eigenvalue weighted by molar-refractivity contribution is -0.117. The van der Waals surface area contributed by atoms with Crippen molar-refractivity contribution in [3.63, 3.8) is 0 Å². The van der Waals surface area contributed by atoms with Crippen molar-refractivity contribution in [3.8, 4) is 0 Å². The fraction of sp³-hybridized carbons (Fsp3) is 0.389. The van der Waals surface area contributed by atoms with Crippen LogP contribution in [0.4, 0.5) is 5.69 Å². The molecule has 3 nitrogen and oxygen atoms in total. The van der Waals surface area contributed by atoms with Crippen LogP contribution in [0, 0.1) is 0 Å². The number of anilines is 1. The normalized spacial score (nSPS) is 12.4. The number of amides is 1. The fourth-order valence-electron chi connectivity index (χ4n) is 2.30. The minimum atomic E-state index is 0.0235. The molecule has 0 aliphatic rings. The van der Waals surface area contributed by atoms with Gasteiger partial charge in [0.1, 0.15) is 0 Å². The van der Waals surface area contributed by atoms with E-state index in [-0.39, 0.29) is 5.91 Å². The van der Waals surface area contributed by atoms with E-state index in [1.807, 2.05) is 30.1 Å². The molecule has 0 saturated heterocycles. The van der Waals surface area contributed by atoms with Crippen LogP contribution in [0.2, 0.25) is 0 Å². The minimum Gasteiger partial charge on any atom is -0.325 e. The summed E-state index contributed by atoms with van der Waals surface area (Å²) in [6.45, 7) is 5.60. The molecule has 2 aromatic rings. The van der Waals surface area contributed by atoms with Crippen molar-refractivity contribution in [2.45, 2.75) is 32.7 Å². The lowest BCUT2D eigenvalue weighted by Crippen LogP contribution is -2.29. The summed E-state index contributed by atoms with van der Waals surface area (Å²) in [4.78, 5) is 15.4. The molecule has 0 unspecified atom stereocenters. The highest BCUT2D eigenvalue weighted by molar-refractivity contribution is 7.09. The number of benzene rings is 1. The molecular weight excluding hydrogens is 292 g/mol. The van der Waals surface area contributed by atoms with Crippen molar-refractivity contribution in [1.82, 2.24) is 4.90 Å². The van der Waals surface area contributed by atoms with Gasteiger partial charge >= 0.3 is 0 Å². The summed E-state index contributed by atoms with van der Waals surface area (Å²) in [7, 11) is 1.96. The van der Waals surface area contributed by atoms with Gasteiger partial charge in [0, 0.05) is 17.1 Å². The van der Waals surface area contributed by atoms with E-state index in [1.165, 1.54) is 10.4 Å². The maximum Gasteiger partial charge on any atom is 0.238 e. The maximum absolute atomic E-state index is 12.1. The number of hydrogen-bond acceptors (Lipinski definition) is 3. The van der Waals surface area contributed by atoms with Gasteiger partial charge in [-0.25, -0.2) is 0 Å². The first-order chi connectivity index (χ1) is 10.6. The number of likely N-dealkylation sites (N-methyl/N-ethyl adjacent to an activating group) is 1. The van der Waals surface area contributed by atoms with Crippen molar-refractivity contribution in [2.75, 3.05) is 18.9 Å². The van der Waals surface area contributed by atoms with Gasteiger partial charge in [0.05, 0.1) is 6.54 Å².